The third-order valence-electron chi connectivity index (χ3n) is 7.72. The number of aromatic nitrogens is 3. The molecule has 1 aliphatic carbocycles. The highest BCUT2D eigenvalue weighted by Gasteiger charge is 2.55. The summed E-state index contributed by atoms with van der Waals surface area (Å²) in [5.74, 6) is 0.472. The number of nitrogens with zero attached hydrogens (tertiary/aromatic N) is 3. The summed E-state index contributed by atoms with van der Waals surface area (Å²) in [7, 11) is -1.94. The van der Waals surface area contributed by atoms with Gasteiger partial charge < -0.3 is 18.5 Å². The summed E-state index contributed by atoms with van der Waals surface area (Å²) in [6.07, 6.45) is 4.29. The van der Waals surface area contributed by atoms with Crippen LogP contribution in [0.15, 0.2) is 42.9 Å². The zero-order valence-corrected chi connectivity index (χ0v) is 22.8. The van der Waals surface area contributed by atoms with Crippen LogP contribution >= 0.6 is 11.6 Å². The Morgan fingerprint density at radius 1 is 1.12 bits per heavy atom. The van der Waals surface area contributed by atoms with E-state index in [-0.39, 0.29) is 29.2 Å². The monoisotopic (exact) mass is 499 g/mol. The van der Waals surface area contributed by atoms with Crippen LogP contribution in [0.4, 0.5) is 0 Å². The molecule has 0 unspecified atom stereocenters. The van der Waals surface area contributed by atoms with Crippen LogP contribution in [-0.4, -0.2) is 40.8 Å². The van der Waals surface area contributed by atoms with E-state index in [4.69, 9.17) is 25.5 Å². The van der Waals surface area contributed by atoms with Gasteiger partial charge in [-0.05, 0) is 62.2 Å². The number of hydrogen-bond donors (Lipinski definition) is 0. The van der Waals surface area contributed by atoms with E-state index in [1.165, 1.54) is 11.9 Å². The molecule has 1 aromatic carbocycles. The van der Waals surface area contributed by atoms with Crippen LogP contribution in [0.1, 0.15) is 58.6 Å². The highest BCUT2D eigenvalue weighted by atomic mass is 35.5. The van der Waals surface area contributed by atoms with Crippen LogP contribution in [0.25, 0.3) is 11.0 Å². The molecular weight excluding hydrogens is 466 g/mol. The predicted molar refractivity (Wildman–Crippen MR) is 137 cm³/mol. The van der Waals surface area contributed by atoms with Gasteiger partial charge in [0.25, 0.3) is 0 Å². The van der Waals surface area contributed by atoms with Crippen LogP contribution in [0.2, 0.25) is 23.3 Å². The molecule has 3 aromatic rings. The largest absolute Gasteiger partial charge is 0.543 e. The lowest BCUT2D eigenvalue weighted by Gasteiger charge is -2.36. The molecule has 0 amide bonds. The minimum atomic E-state index is -1.94. The van der Waals surface area contributed by atoms with Crippen molar-refractivity contribution in [2.45, 2.75) is 89.1 Å². The molecule has 34 heavy (non-hydrogen) atoms. The Balaban J connectivity index is 1.50. The lowest BCUT2D eigenvalue weighted by Crippen LogP contribution is -2.43. The molecule has 1 aliphatic heterocycles. The standard InChI is InChI=1S/C26H34ClN3O3Si/c1-25(2,3)34(6,7)33-17-10-8-9-16(13-17)19-14-20(22-21(19)31-26(4,5)32-22)30-12-11-18-23(27)28-15-29-24(18)30/h8-13,15,19-22H,14H2,1-7H3/t19-,20-,21-,22+/m1/s1. The quantitative estimate of drug-likeness (QED) is 0.294. The van der Waals surface area contributed by atoms with E-state index < -0.39 is 14.1 Å². The molecule has 1 saturated carbocycles. The van der Waals surface area contributed by atoms with E-state index in [9.17, 15) is 0 Å². The van der Waals surface area contributed by atoms with E-state index in [2.05, 4.69) is 72.7 Å². The fourth-order valence-electron chi connectivity index (χ4n) is 5.02. The van der Waals surface area contributed by atoms with Crippen molar-refractivity contribution in [2.24, 2.45) is 0 Å². The van der Waals surface area contributed by atoms with Crippen molar-refractivity contribution in [1.82, 2.24) is 14.5 Å². The fraction of sp³-hybridized carbons (Fsp3) is 0.538. The Bertz CT molecular complexity index is 1220. The smallest absolute Gasteiger partial charge is 0.250 e. The van der Waals surface area contributed by atoms with E-state index in [1.807, 2.05) is 26.1 Å². The molecular formula is C26H34ClN3O3Si. The normalized spacial score (nSPS) is 26.7. The van der Waals surface area contributed by atoms with Crippen molar-refractivity contribution < 1.29 is 13.9 Å². The van der Waals surface area contributed by atoms with Crippen molar-refractivity contribution in [2.75, 3.05) is 0 Å². The van der Waals surface area contributed by atoms with Crippen molar-refractivity contribution in [3.63, 3.8) is 0 Å². The Labute approximate surface area is 207 Å². The van der Waals surface area contributed by atoms with Crippen molar-refractivity contribution >= 4 is 31.0 Å². The van der Waals surface area contributed by atoms with E-state index in [0.717, 1.165) is 23.2 Å². The summed E-state index contributed by atoms with van der Waals surface area (Å²) in [6, 6.07) is 10.6. The van der Waals surface area contributed by atoms with Crippen LogP contribution in [0.3, 0.4) is 0 Å². The summed E-state index contributed by atoms with van der Waals surface area (Å²) >= 11 is 6.33. The van der Waals surface area contributed by atoms with Crippen molar-refractivity contribution in [3.8, 4) is 5.75 Å². The number of halogens is 1. The van der Waals surface area contributed by atoms with Gasteiger partial charge in [-0.15, -0.1) is 0 Å². The first-order chi connectivity index (χ1) is 15.9. The van der Waals surface area contributed by atoms with Crippen LogP contribution < -0.4 is 4.43 Å². The first kappa shape index (κ1) is 23.8. The van der Waals surface area contributed by atoms with Crippen LogP contribution in [0.5, 0.6) is 5.75 Å². The molecule has 0 bridgehead atoms. The van der Waals surface area contributed by atoms with E-state index in [1.54, 1.807) is 0 Å². The van der Waals surface area contributed by atoms with Gasteiger partial charge in [-0.3, -0.25) is 0 Å². The third kappa shape index (κ3) is 4.06. The lowest BCUT2D eigenvalue weighted by atomic mass is 9.95. The average molecular weight is 500 g/mol. The molecule has 2 fully saturated rings. The maximum absolute atomic E-state index is 6.62. The summed E-state index contributed by atoms with van der Waals surface area (Å²) in [5.41, 5.74) is 2.05. The lowest BCUT2D eigenvalue weighted by molar-refractivity contribution is -0.157. The first-order valence-electron chi connectivity index (χ1n) is 12.0. The van der Waals surface area contributed by atoms with Gasteiger partial charge in [-0.1, -0.05) is 44.5 Å². The van der Waals surface area contributed by atoms with Gasteiger partial charge in [0.15, 0.2) is 5.79 Å². The molecule has 2 aliphatic rings. The molecule has 6 nitrogen and oxygen atoms in total. The average Bonchev–Trinajstić information content (AvgIpc) is 3.38. The van der Waals surface area contributed by atoms with Gasteiger partial charge in [-0.2, -0.15) is 0 Å². The topological polar surface area (TPSA) is 58.4 Å². The summed E-state index contributed by atoms with van der Waals surface area (Å²) < 4.78 is 21.7. The van der Waals surface area contributed by atoms with Gasteiger partial charge in [0.2, 0.25) is 8.32 Å². The van der Waals surface area contributed by atoms with Crippen molar-refractivity contribution in [3.05, 3.63) is 53.6 Å². The number of benzene rings is 1. The molecule has 182 valence electrons. The van der Waals surface area contributed by atoms with Gasteiger partial charge in [0, 0.05) is 12.1 Å². The molecule has 3 heterocycles. The molecule has 8 heteroatoms. The second-order valence-corrected chi connectivity index (χ2v) is 16.6. The second kappa shape index (κ2) is 8.05. The Morgan fingerprint density at radius 2 is 1.85 bits per heavy atom. The second-order valence-electron chi connectivity index (χ2n) is 11.5. The number of hydrogen-bond acceptors (Lipinski definition) is 5. The SMILES string of the molecule is CC1(C)O[C@@H]2[C@H](O1)[C@@H](c1cccc(O[Si](C)(C)C(C)(C)C)c1)C[C@H]2n1ccc2c(Cl)ncnc21. The van der Waals surface area contributed by atoms with Gasteiger partial charge in [0.05, 0.1) is 17.5 Å². The zero-order chi connectivity index (χ0) is 24.5. The molecule has 0 spiro atoms. The molecule has 5 rings (SSSR count). The van der Waals surface area contributed by atoms with Gasteiger partial charge in [0.1, 0.15) is 29.0 Å². The molecule has 4 atom stereocenters. The summed E-state index contributed by atoms with van der Waals surface area (Å²) in [5, 5.41) is 1.46. The maximum Gasteiger partial charge on any atom is 0.250 e. The summed E-state index contributed by atoms with van der Waals surface area (Å²) in [6.45, 7) is 15.3. The van der Waals surface area contributed by atoms with Crippen LogP contribution in [-0.2, 0) is 9.47 Å². The third-order valence-corrected chi connectivity index (χ3v) is 12.4. The number of ether oxygens (including phenoxy) is 2. The zero-order valence-electron chi connectivity index (χ0n) is 21.0. The van der Waals surface area contributed by atoms with E-state index in [0.29, 0.717) is 5.15 Å². The molecule has 1 saturated heterocycles. The predicted octanol–water partition coefficient (Wildman–Crippen LogP) is 6.72. The highest BCUT2D eigenvalue weighted by Crippen LogP contribution is 2.52. The van der Waals surface area contributed by atoms with Crippen molar-refractivity contribution in [1.29, 1.82) is 0 Å². The van der Waals surface area contributed by atoms with Gasteiger partial charge in [-0.25, -0.2) is 9.97 Å². The number of rotatable bonds is 4. The van der Waals surface area contributed by atoms with Crippen LogP contribution in [0, 0.1) is 0 Å². The molecule has 0 radical (unpaired) electrons. The maximum atomic E-state index is 6.62. The molecule has 2 aromatic heterocycles. The number of fused-ring (bicyclic) bond motifs is 2. The Morgan fingerprint density at radius 3 is 2.59 bits per heavy atom. The summed E-state index contributed by atoms with van der Waals surface area (Å²) in [4.78, 5) is 8.66. The van der Waals surface area contributed by atoms with E-state index >= 15 is 0 Å². The minimum absolute atomic E-state index is 0.0575. The fourth-order valence-corrected chi connectivity index (χ4v) is 6.23. The first-order valence-corrected chi connectivity index (χ1v) is 15.3. The van der Waals surface area contributed by atoms with Gasteiger partial charge >= 0.3 is 0 Å². The Kier molecular flexibility index (Phi) is 5.63. The molecule has 0 N–H and O–H groups in total. The Hall–Kier alpha value is -1.93. The highest BCUT2D eigenvalue weighted by molar-refractivity contribution is 6.74. The minimum Gasteiger partial charge on any atom is -0.543 e.